The topological polar surface area (TPSA) is 167 Å². The summed E-state index contributed by atoms with van der Waals surface area (Å²) in [6, 6.07) is 16.4. The second-order valence-corrected chi connectivity index (χ2v) is 23.4. The molecule has 7 atom stereocenters. The molecule has 2 unspecified atom stereocenters. The Labute approximate surface area is 428 Å². The first kappa shape index (κ1) is 54.6. The van der Waals surface area contributed by atoms with Gasteiger partial charge in [0, 0.05) is 45.2 Å². The number of hydrogen-bond acceptors (Lipinski definition) is 10. The predicted octanol–water partition coefficient (Wildman–Crippen LogP) is 11.8. The number of phenols is 2. The van der Waals surface area contributed by atoms with Crippen molar-refractivity contribution >= 4 is 17.3 Å². The fraction of sp³-hybridized carbons (Fsp3) is 0.618. The highest BCUT2D eigenvalue weighted by Gasteiger charge is 2.57. The number of phenolic OH excluding ortho intramolecular Hbond substituents is 2. The van der Waals surface area contributed by atoms with Gasteiger partial charge in [0.1, 0.15) is 28.8 Å². The zero-order valence-electron chi connectivity index (χ0n) is 42.3. The van der Waals surface area contributed by atoms with Crippen LogP contribution in [-0.4, -0.2) is 112 Å². The van der Waals surface area contributed by atoms with E-state index in [9.17, 15) is 51.7 Å². The molecule has 0 bridgehead atoms. The van der Waals surface area contributed by atoms with E-state index < -0.39 is 36.1 Å². The molecule has 4 N–H and O–H groups in total. The Hall–Kier alpha value is -4.65. The first-order chi connectivity index (χ1) is 34.7. The van der Waals surface area contributed by atoms with E-state index >= 15 is 0 Å². The number of aliphatic hydroxyl groups excluding tert-OH is 1. The molecule has 18 heteroatoms. The van der Waals surface area contributed by atoms with Crippen LogP contribution in [0, 0.1) is 23.2 Å². The molecule has 1 amide bonds. The molecule has 2 heterocycles. The normalized spacial score (nSPS) is 23.8. The van der Waals surface area contributed by atoms with Crippen LogP contribution >= 0.6 is 0 Å². The third-order valence-electron chi connectivity index (χ3n) is 16.6. The van der Waals surface area contributed by atoms with Crippen molar-refractivity contribution in [2.24, 2.45) is 23.2 Å². The van der Waals surface area contributed by atoms with E-state index in [2.05, 4.69) is 34.2 Å². The van der Waals surface area contributed by atoms with Gasteiger partial charge in [0.15, 0.2) is 5.82 Å². The summed E-state index contributed by atoms with van der Waals surface area (Å²) in [6.45, 7) is 9.13. The largest absolute Gasteiger partial charge is 0.616 e. The smallest absolute Gasteiger partial charge is 0.453 e. The average molecular weight is 1040 g/mol. The van der Waals surface area contributed by atoms with Crippen molar-refractivity contribution < 1.29 is 56.5 Å². The maximum absolute atomic E-state index is 13.6. The number of nitrogens with zero attached hydrogens (tertiary/aromatic N) is 5. The number of aromatic nitrogens is 3. The van der Waals surface area contributed by atoms with Gasteiger partial charge in [-0.3, -0.25) is 4.90 Å². The molecule has 12 nitrogen and oxygen atoms in total. The molecule has 400 valence electrons. The Morgan fingerprint density at radius 2 is 1.53 bits per heavy atom. The van der Waals surface area contributed by atoms with Crippen LogP contribution in [0.25, 0.3) is 17.1 Å². The third kappa shape index (κ3) is 12.4. The predicted molar refractivity (Wildman–Crippen MR) is 270 cm³/mol. The van der Waals surface area contributed by atoms with Crippen LogP contribution in [0.15, 0.2) is 54.6 Å². The summed E-state index contributed by atoms with van der Waals surface area (Å²) in [5.74, 6) is -2.25. The van der Waals surface area contributed by atoms with Crippen LogP contribution in [0.2, 0.25) is 0 Å². The number of amides is 1. The molecule has 1 aromatic heterocycles. The van der Waals surface area contributed by atoms with Crippen LogP contribution in [0.1, 0.15) is 145 Å². The summed E-state index contributed by atoms with van der Waals surface area (Å²) in [5.41, 5.74) is 5.11. The number of hydrogen-bond donors (Lipinski definition) is 4. The van der Waals surface area contributed by atoms with Gasteiger partial charge in [0.05, 0.1) is 17.4 Å². The Morgan fingerprint density at radius 3 is 2.23 bits per heavy atom. The monoisotopic (exact) mass is 1040 g/mol. The summed E-state index contributed by atoms with van der Waals surface area (Å²) in [6.07, 6.45) is 4.58. The Balaban J connectivity index is 0.807. The molecule has 8 rings (SSSR count). The molecule has 1 aliphatic heterocycles. The number of ether oxygens (including phenoxy) is 1. The van der Waals surface area contributed by atoms with E-state index in [0.717, 1.165) is 82.6 Å². The average Bonchev–Trinajstić information content (AvgIpc) is 3.87. The van der Waals surface area contributed by atoms with E-state index in [1.165, 1.54) is 21.8 Å². The number of alkyl halides is 5. The van der Waals surface area contributed by atoms with Crippen LogP contribution in [0.4, 0.5) is 26.7 Å². The van der Waals surface area contributed by atoms with Gasteiger partial charge in [-0.25, -0.2) is 9.36 Å². The standard InChI is InChI=1S/C55H72F5N5O7S/c1-35(2)43-32-44(47(67)33-46(43)66)50-61-62-51(69)65(50)39-15-13-36(14-16-39)34-63-24-26-64(27-25-63)52(70)72-40-17-18-41-38(31-40)30-37(49-42(41)21-23-53(3)45(49)19-20-48(53)68)12-9-7-5-4-6-8-10-28-73(71)29-11-22-54(56,57)55(58,59)60/h13-18,31-33,35,37,42,45,48-49,66-68H,4-12,19-30,34H2,1-3H3,(H,62,69)/t37-,42-,45+,48+,49-,53?,73?/m1/s1. The van der Waals surface area contributed by atoms with E-state index in [4.69, 9.17) is 4.74 Å². The molecule has 3 aliphatic carbocycles. The minimum Gasteiger partial charge on any atom is -0.616 e. The lowest BCUT2D eigenvalue weighted by molar-refractivity contribution is -0.284. The van der Waals surface area contributed by atoms with E-state index in [1.54, 1.807) is 11.0 Å². The Morgan fingerprint density at radius 1 is 0.849 bits per heavy atom. The van der Waals surface area contributed by atoms with Gasteiger partial charge in [-0.1, -0.05) is 87.3 Å². The highest BCUT2D eigenvalue weighted by molar-refractivity contribution is 7.91. The third-order valence-corrected chi connectivity index (χ3v) is 18.1. The first-order valence-electron chi connectivity index (χ1n) is 26.3. The fourth-order valence-corrected chi connectivity index (χ4v) is 13.7. The fourth-order valence-electron chi connectivity index (χ4n) is 12.5. The minimum atomic E-state index is -5.58. The molecule has 4 aliphatic rings. The van der Waals surface area contributed by atoms with Crippen molar-refractivity contribution in [3.05, 3.63) is 76.9 Å². The number of aliphatic hydroxyl groups is 1. The number of rotatable bonds is 20. The maximum Gasteiger partial charge on any atom is 0.453 e. The molecular formula is C55H72F5N5O7S. The number of piperazine rings is 1. The van der Waals surface area contributed by atoms with Crippen LogP contribution < -0.4 is 4.74 Å². The van der Waals surface area contributed by atoms with Crippen molar-refractivity contribution in [3.8, 4) is 40.3 Å². The lowest BCUT2D eigenvalue weighted by Crippen LogP contribution is -2.49. The number of unbranched alkanes of at least 4 members (excludes halogenated alkanes) is 6. The lowest BCUT2D eigenvalue weighted by Gasteiger charge is -2.53. The van der Waals surface area contributed by atoms with Gasteiger partial charge in [-0.2, -0.15) is 22.0 Å². The van der Waals surface area contributed by atoms with Crippen molar-refractivity contribution in [1.29, 1.82) is 0 Å². The maximum atomic E-state index is 13.6. The second-order valence-electron chi connectivity index (χ2n) is 21.7. The summed E-state index contributed by atoms with van der Waals surface area (Å²) in [4.78, 5) is 17.7. The highest BCUT2D eigenvalue weighted by atomic mass is 32.2. The Kier molecular flexibility index (Phi) is 17.3. The zero-order valence-corrected chi connectivity index (χ0v) is 43.1. The number of carbonyl (C=O) groups excluding carboxylic acids is 1. The van der Waals surface area contributed by atoms with Gasteiger partial charge >= 0.3 is 24.2 Å². The molecule has 0 radical (unpaired) electrons. The van der Waals surface area contributed by atoms with Gasteiger partial charge in [-0.05, 0) is 145 Å². The molecule has 3 fully saturated rings. The van der Waals surface area contributed by atoms with Crippen molar-refractivity contribution in [2.45, 2.75) is 154 Å². The van der Waals surface area contributed by atoms with Crippen LogP contribution in [0.3, 0.4) is 0 Å². The SMILES string of the molecule is CC(C)c1cc(-c2nnc(O)n2-c2ccc(CN3CCN(C(=O)Oc4ccc5c(c4)C[C@@H](CCCCCCCCC[S+]([O-])CCCC(F)(F)C(F)(F)F)[C@@H]4[C@@H]5CCC5(C)[C@@H](O)CC[C@@H]45)CC3)cc2)c(O)cc1O. The summed E-state index contributed by atoms with van der Waals surface area (Å²) in [7, 11) is 0. The second kappa shape index (κ2) is 23.1. The lowest BCUT2D eigenvalue weighted by atomic mass is 9.52. The molecule has 4 aromatic rings. The van der Waals surface area contributed by atoms with Gasteiger partial charge < -0.3 is 34.6 Å². The zero-order chi connectivity index (χ0) is 52.2. The summed E-state index contributed by atoms with van der Waals surface area (Å²) in [5, 5.41) is 50.9. The van der Waals surface area contributed by atoms with Crippen molar-refractivity contribution in [3.63, 3.8) is 0 Å². The molecular weight excluding hydrogens is 970 g/mol. The quantitative estimate of drug-likeness (QED) is 0.0380. The molecule has 0 spiro atoms. The molecule has 3 aromatic carbocycles. The minimum absolute atomic E-state index is 0.0198. The van der Waals surface area contributed by atoms with E-state index in [1.807, 2.05) is 44.2 Å². The van der Waals surface area contributed by atoms with Crippen molar-refractivity contribution in [1.82, 2.24) is 24.6 Å². The molecule has 2 saturated carbocycles. The van der Waals surface area contributed by atoms with Crippen LogP contribution in [-0.2, 0) is 24.1 Å². The van der Waals surface area contributed by atoms with E-state index in [-0.39, 0.29) is 52.6 Å². The number of halogens is 5. The number of benzene rings is 3. The number of fused-ring (bicyclic) bond motifs is 5. The molecule has 1 saturated heterocycles. The number of carbonyl (C=O) groups is 1. The molecule has 73 heavy (non-hydrogen) atoms. The van der Waals surface area contributed by atoms with Gasteiger partial charge in [0.25, 0.3) is 0 Å². The number of aromatic hydroxyl groups is 3. The van der Waals surface area contributed by atoms with E-state index in [0.29, 0.717) is 91.1 Å². The van der Waals surface area contributed by atoms with Gasteiger partial charge in [-0.15, -0.1) is 5.10 Å². The Bertz CT molecular complexity index is 2500. The summed E-state index contributed by atoms with van der Waals surface area (Å²) < 4.78 is 83.3. The highest BCUT2D eigenvalue weighted by Crippen LogP contribution is 2.63. The summed E-state index contributed by atoms with van der Waals surface area (Å²) >= 11 is -1.41. The first-order valence-corrected chi connectivity index (χ1v) is 27.8. The van der Waals surface area contributed by atoms with Crippen LogP contribution in [0.5, 0.6) is 23.3 Å². The van der Waals surface area contributed by atoms with Gasteiger partial charge in [0.2, 0.25) is 0 Å². The van der Waals surface area contributed by atoms with Crippen molar-refractivity contribution in [2.75, 3.05) is 37.7 Å².